The second-order valence-electron chi connectivity index (χ2n) is 5.83. The normalized spacial score (nSPS) is 11.2. The molecule has 20 heavy (non-hydrogen) atoms. The van der Waals surface area contributed by atoms with Crippen molar-refractivity contribution in [1.29, 1.82) is 0 Å². The van der Waals surface area contributed by atoms with Gasteiger partial charge in [0, 0.05) is 13.1 Å². The van der Waals surface area contributed by atoms with Gasteiger partial charge in [0.15, 0.2) is 0 Å². The highest BCUT2D eigenvalue weighted by atomic mass is 16.5. The third-order valence-electron chi connectivity index (χ3n) is 3.04. The summed E-state index contributed by atoms with van der Waals surface area (Å²) in [6.45, 7) is 10.7. The van der Waals surface area contributed by atoms with Gasteiger partial charge in [-0.05, 0) is 24.7 Å². The lowest BCUT2D eigenvalue weighted by atomic mass is 10.1. The standard InChI is InChI=1S/C14H27N5O/c1-10(2)6-8-19(9-7-11(3)4)13-16-12(15)17-14(18-13)20-5/h10-11H,6-9H2,1-5H3,(H2,15,16,17,18). The molecule has 0 amide bonds. The predicted molar refractivity (Wildman–Crippen MR) is 81.9 cm³/mol. The van der Waals surface area contributed by atoms with Crippen LogP contribution in [0.5, 0.6) is 6.01 Å². The molecule has 0 atom stereocenters. The molecule has 0 aliphatic carbocycles. The fourth-order valence-corrected chi connectivity index (χ4v) is 1.73. The Morgan fingerprint density at radius 2 is 1.55 bits per heavy atom. The van der Waals surface area contributed by atoms with Gasteiger partial charge in [-0.1, -0.05) is 27.7 Å². The lowest BCUT2D eigenvalue weighted by molar-refractivity contribution is 0.378. The Bertz CT molecular complexity index is 397. The van der Waals surface area contributed by atoms with E-state index < -0.39 is 0 Å². The highest BCUT2D eigenvalue weighted by Crippen LogP contribution is 2.16. The minimum atomic E-state index is 0.200. The van der Waals surface area contributed by atoms with Crippen molar-refractivity contribution >= 4 is 11.9 Å². The molecule has 0 fully saturated rings. The van der Waals surface area contributed by atoms with Crippen LogP contribution in [0.15, 0.2) is 0 Å². The number of nitrogens with zero attached hydrogens (tertiary/aromatic N) is 4. The SMILES string of the molecule is COc1nc(N)nc(N(CCC(C)C)CCC(C)C)n1. The van der Waals surface area contributed by atoms with E-state index in [0.717, 1.165) is 25.9 Å². The first-order valence-corrected chi connectivity index (χ1v) is 7.22. The largest absolute Gasteiger partial charge is 0.467 e. The van der Waals surface area contributed by atoms with Gasteiger partial charge in [0.1, 0.15) is 0 Å². The average Bonchev–Trinajstić information content (AvgIpc) is 2.37. The zero-order valence-electron chi connectivity index (χ0n) is 13.3. The molecule has 1 heterocycles. The van der Waals surface area contributed by atoms with E-state index in [1.165, 1.54) is 7.11 Å². The fourth-order valence-electron chi connectivity index (χ4n) is 1.73. The lowest BCUT2D eigenvalue weighted by Crippen LogP contribution is -2.29. The van der Waals surface area contributed by atoms with Crippen molar-refractivity contribution in [3.05, 3.63) is 0 Å². The van der Waals surface area contributed by atoms with Crippen molar-refractivity contribution < 1.29 is 4.74 Å². The van der Waals surface area contributed by atoms with Crippen LogP contribution < -0.4 is 15.4 Å². The van der Waals surface area contributed by atoms with Crippen LogP contribution in [-0.4, -0.2) is 35.2 Å². The first-order chi connectivity index (χ1) is 9.42. The van der Waals surface area contributed by atoms with Gasteiger partial charge >= 0.3 is 6.01 Å². The van der Waals surface area contributed by atoms with E-state index in [-0.39, 0.29) is 12.0 Å². The quantitative estimate of drug-likeness (QED) is 0.788. The first-order valence-electron chi connectivity index (χ1n) is 7.22. The molecule has 2 N–H and O–H groups in total. The van der Waals surface area contributed by atoms with Crippen molar-refractivity contribution in [2.75, 3.05) is 30.8 Å². The molecule has 0 unspecified atom stereocenters. The van der Waals surface area contributed by atoms with Crippen LogP contribution in [0.1, 0.15) is 40.5 Å². The Balaban J connectivity index is 2.86. The number of nitrogens with two attached hydrogens (primary N) is 1. The summed E-state index contributed by atoms with van der Waals surface area (Å²) in [5.74, 6) is 2.08. The molecule has 1 rings (SSSR count). The molecule has 0 radical (unpaired) electrons. The number of anilines is 2. The summed E-state index contributed by atoms with van der Waals surface area (Å²) in [5.41, 5.74) is 5.72. The average molecular weight is 281 g/mol. The molecular formula is C14H27N5O. The van der Waals surface area contributed by atoms with Gasteiger partial charge in [-0.25, -0.2) is 0 Å². The number of rotatable bonds is 8. The lowest BCUT2D eigenvalue weighted by Gasteiger charge is -2.24. The van der Waals surface area contributed by atoms with Crippen LogP contribution in [0, 0.1) is 11.8 Å². The topological polar surface area (TPSA) is 77.2 Å². The minimum absolute atomic E-state index is 0.200. The number of aromatic nitrogens is 3. The Morgan fingerprint density at radius 3 is 2.00 bits per heavy atom. The summed E-state index contributed by atoms with van der Waals surface area (Å²) in [6, 6.07) is 0.270. The maximum atomic E-state index is 5.72. The predicted octanol–water partition coefficient (Wildman–Crippen LogP) is 2.36. The van der Waals surface area contributed by atoms with Crippen molar-refractivity contribution in [3.8, 4) is 6.01 Å². The molecule has 0 aliphatic rings. The number of nitrogen functional groups attached to an aromatic ring is 1. The van der Waals surface area contributed by atoms with Crippen LogP contribution in [0.25, 0.3) is 0 Å². The molecule has 0 aromatic carbocycles. The van der Waals surface area contributed by atoms with Crippen LogP contribution in [0.3, 0.4) is 0 Å². The van der Waals surface area contributed by atoms with Crippen LogP contribution in [-0.2, 0) is 0 Å². The van der Waals surface area contributed by atoms with Gasteiger partial charge in [0.2, 0.25) is 11.9 Å². The third kappa shape index (κ3) is 5.59. The zero-order valence-corrected chi connectivity index (χ0v) is 13.3. The molecule has 6 heteroatoms. The van der Waals surface area contributed by atoms with Crippen LogP contribution in [0.4, 0.5) is 11.9 Å². The first kappa shape index (κ1) is 16.5. The summed E-state index contributed by atoms with van der Waals surface area (Å²) in [6.07, 6.45) is 2.18. The number of hydrogen-bond donors (Lipinski definition) is 1. The van der Waals surface area contributed by atoms with E-state index in [2.05, 4.69) is 47.5 Å². The number of methoxy groups -OCH3 is 1. The van der Waals surface area contributed by atoms with Crippen molar-refractivity contribution in [3.63, 3.8) is 0 Å². The molecule has 0 spiro atoms. The highest BCUT2D eigenvalue weighted by molar-refractivity contribution is 5.35. The fraction of sp³-hybridized carbons (Fsp3) is 0.786. The monoisotopic (exact) mass is 281 g/mol. The third-order valence-corrected chi connectivity index (χ3v) is 3.04. The molecule has 6 nitrogen and oxygen atoms in total. The van der Waals surface area contributed by atoms with Gasteiger partial charge in [-0.3, -0.25) is 0 Å². The molecule has 1 aromatic rings. The molecular weight excluding hydrogens is 254 g/mol. The Labute approximate surface area is 121 Å². The van der Waals surface area contributed by atoms with Crippen LogP contribution in [0.2, 0.25) is 0 Å². The Morgan fingerprint density at radius 1 is 1.00 bits per heavy atom. The summed E-state index contributed by atoms with van der Waals surface area (Å²) in [7, 11) is 1.53. The van der Waals surface area contributed by atoms with Gasteiger partial charge in [-0.15, -0.1) is 0 Å². The summed E-state index contributed by atoms with van der Waals surface area (Å²) < 4.78 is 5.07. The van der Waals surface area contributed by atoms with Crippen molar-refractivity contribution in [2.45, 2.75) is 40.5 Å². The van der Waals surface area contributed by atoms with Crippen molar-refractivity contribution in [1.82, 2.24) is 15.0 Å². The maximum Gasteiger partial charge on any atom is 0.322 e. The van der Waals surface area contributed by atoms with E-state index in [4.69, 9.17) is 10.5 Å². The maximum absolute atomic E-state index is 5.72. The molecule has 0 bridgehead atoms. The van der Waals surface area contributed by atoms with Gasteiger partial charge < -0.3 is 15.4 Å². The second-order valence-corrected chi connectivity index (χ2v) is 5.83. The van der Waals surface area contributed by atoms with E-state index in [1.54, 1.807) is 0 Å². The zero-order chi connectivity index (χ0) is 15.1. The highest BCUT2D eigenvalue weighted by Gasteiger charge is 2.14. The van der Waals surface area contributed by atoms with E-state index >= 15 is 0 Å². The van der Waals surface area contributed by atoms with Crippen LogP contribution >= 0.6 is 0 Å². The molecule has 0 saturated heterocycles. The molecule has 1 aromatic heterocycles. The molecule has 114 valence electrons. The van der Waals surface area contributed by atoms with E-state index in [0.29, 0.717) is 17.8 Å². The number of hydrogen-bond acceptors (Lipinski definition) is 6. The van der Waals surface area contributed by atoms with Gasteiger partial charge in [-0.2, -0.15) is 15.0 Å². The molecule has 0 saturated carbocycles. The minimum Gasteiger partial charge on any atom is -0.467 e. The van der Waals surface area contributed by atoms with Crippen molar-refractivity contribution in [2.24, 2.45) is 11.8 Å². The summed E-state index contributed by atoms with van der Waals surface area (Å²) in [4.78, 5) is 14.6. The van der Waals surface area contributed by atoms with E-state index in [9.17, 15) is 0 Å². The van der Waals surface area contributed by atoms with E-state index in [1.807, 2.05) is 0 Å². The summed E-state index contributed by atoms with van der Waals surface area (Å²) >= 11 is 0. The molecule has 0 aliphatic heterocycles. The Kier molecular flexibility index (Phi) is 6.48. The summed E-state index contributed by atoms with van der Waals surface area (Å²) in [5, 5.41) is 0. The van der Waals surface area contributed by atoms with Gasteiger partial charge in [0.05, 0.1) is 7.11 Å². The smallest absolute Gasteiger partial charge is 0.322 e. The Hall–Kier alpha value is -1.59. The van der Waals surface area contributed by atoms with Gasteiger partial charge in [0.25, 0.3) is 0 Å². The second kappa shape index (κ2) is 7.87. The number of ether oxygens (including phenoxy) is 1.